The molecular weight excluding hydrogens is 446 g/mol. The molecule has 1 unspecified atom stereocenters. The molecule has 0 bridgehead atoms. The topological polar surface area (TPSA) is 76.5 Å². The Morgan fingerprint density at radius 1 is 1.03 bits per heavy atom. The van der Waals surface area contributed by atoms with Crippen LogP contribution in [-0.2, 0) is 5.75 Å². The number of thioether (sulfide) groups is 1. The first kappa shape index (κ1) is 20.9. The summed E-state index contributed by atoms with van der Waals surface area (Å²) in [5, 5.41) is 9.35. The highest BCUT2D eigenvalue weighted by Gasteiger charge is 2.29. The fraction of sp³-hybridized carbons (Fsp3) is 0.231. The maximum Gasteiger partial charge on any atom is 0.257 e. The molecule has 1 amide bonds. The summed E-state index contributed by atoms with van der Waals surface area (Å²) in [4.78, 5) is 20.1. The van der Waals surface area contributed by atoms with Crippen LogP contribution in [0, 0.1) is 0 Å². The number of para-hydroxylation sites is 2. The Morgan fingerprint density at radius 3 is 2.82 bits per heavy atom. The molecule has 6 rings (SSSR count). The number of nitrogens with zero attached hydrogens (tertiary/aromatic N) is 5. The smallest absolute Gasteiger partial charge is 0.257 e. The number of hydrogen-bond donors (Lipinski definition) is 0. The van der Waals surface area contributed by atoms with Crippen LogP contribution in [0.2, 0.25) is 0 Å². The normalized spacial score (nSPS) is 16.4. The van der Waals surface area contributed by atoms with Crippen molar-refractivity contribution in [3.8, 4) is 0 Å². The molecule has 0 radical (unpaired) electrons. The van der Waals surface area contributed by atoms with Crippen molar-refractivity contribution in [2.75, 3.05) is 13.1 Å². The number of piperidine rings is 1. The molecule has 7 nitrogen and oxygen atoms in total. The standard InChI is InChI=1S/C26H23N5O2S/c32-25(30-14-7-9-18(16-30)24-29-28-23-13-5-6-15-31(23)24)20-10-2-1-8-19(20)17-34-26-27-21-11-3-4-12-22(21)33-26/h1-6,8,10-13,15,18H,7,9,14,16-17H2. The van der Waals surface area contributed by atoms with Crippen LogP contribution in [-0.4, -0.2) is 43.5 Å². The fourth-order valence-electron chi connectivity index (χ4n) is 4.59. The molecule has 1 atom stereocenters. The van der Waals surface area contributed by atoms with Crippen LogP contribution in [0.25, 0.3) is 16.7 Å². The lowest BCUT2D eigenvalue weighted by Crippen LogP contribution is -2.40. The van der Waals surface area contributed by atoms with E-state index in [1.807, 2.05) is 82.2 Å². The number of carbonyl (C=O) groups excluding carboxylic acids is 1. The Kier molecular flexibility index (Phi) is 5.50. The van der Waals surface area contributed by atoms with Crippen molar-refractivity contribution in [3.63, 3.8) is 0 Å². The summed E-state index contributed by atoms with van der Waals surface area (Å²) < 4.78 is 7.87. The van der Waals surface area contributed by atoms with Crippen LogP contribution in [0.5, 0.6) is 0 Å². The number of likely N-dealkylation sites (tertiary alicyclic amines) is 1. The fourth-order valence-corrected chi connectivity index (χ4v) is 5.43. The summed E-state index contributed by atoms with van der Waals surface area (Å²) in [7, 11) is 0. The van der Waals surface area contributed by atoms with Gasteiger partial charge in [-0.25, -0.2) is 4.98 Å². The van der Waals surface area contributed by atoms with Crippen LogP contribution in [0.15, 0.2) is 82.6 Å². The van der Waals surface area contributed by atoms with Gasteiger partial charge in [0.1, 0.15) is 11.3 Å². The first-order chi connectivity index (χ1) is 16.8. The summed E-state index contributed by atoms with van der Waals surface area (Å²) in [6, 6.07) is 21.4. The predicted molar refractivity (Wildman–Crippen MR) is 131 cm³/mol. The molecule has 170 valence electrons. The highest BCUT2D eigenvalue weighted by Crippen LogP contribution is 2.30. The first-order valence-corrected chi connectivity index (χ1v) is 12.4. The van der Waals surface area contributed by atoms with E-state index in [1.54, 1.807) is 0 Å². The second-order valence-electron chi connectivity index (χ2n) is 8.47. The molecule has 0 N–H and O–H groups in total. The van der Waals surface area contributed by atoms with E-state index in [-0.39, 0.29) is 11.8 Å². The molecule has 4 heterocycles. The third-order valence-electron chi connectivity index (χ3n) is 6.29. The third kappa shape index (κ3) is 3.94. The number of benzene rings is 2. The van der Waals surface area contributed by atoms with Gasteiger partial charge in [-0.2, -0.15) is 0 Å². The number of pyridine rings is 1. The van der Waals surface area contributed by atoms with Crippen molar-refractivity contribution in [3.05, 3.63) is 89.9 Å². The van der Waals surface area contributed by atoms with Crippen LogP contribution in [0.1, 0.15) is 40.5 Å². The van der Waals surface area contributed by atoms with Gasteiger partial charge in [-0.05, 0) is 48.7 Å². The largest absolute Gasteiger partial charge is 0.431 e. The van der Waals surface area contributed by atoms with Crippen LogP contribution < -0.4 is 0 Å². The second kappa shape index (κ2) is 8.95. The van der Waals surface area contributed by atoms with Crippen LogP contribution in [0.3, 0.4) is 0 Å². The quantitative estimate of drug-likeness (QED) is 0.330. The molecule has 0 spiro atoms. The maximum absolute atomic E-state index is 13.6. The molecule has 1 fully saturated rings. The van der Waals surface area contributed by atoms with Crippen molar-refractivity contribution < 1.29 is 9.21 Å². The molecule has 3 aromatic heterocycles. The molecule has 5 aromatic rings. The van der Waals surface area contributed by atoms with E-state index in [1.165, 1.54) is 11.8 Å². The molecule has 1 aliphatic heterocycles. The van der Waals surface area contributed by atoms with E-state index >= 15 is 0 Å². The SMILES string of the molecule is O=C(c1ccccc1CSc1nc2ccccc2o1)N1CCCC(c2nnc3ccccn23)C1. The minimum Gasteiger partial charge on any atom is -0.431 e. The van der Waals surface area contributed by atoms with Gasteiger partial charge >= 0.3 is 0 Å². The lowest BCUT2D eigenvalue weighted by molar-refractivity contribution is 0.0703. The van der Waals surface area contributed by atoms with Gasteiger partial charge in [0.15, 0.2) is 11.2 Å². The summed E-state index contributed by atoms with van der Waals surface area (Å²) in [5.74, 6) is 1.76. The van der Waals surface area contributed by atoms with Gasteiger partial charge in [0.25, 0.3) is 11.1 Å². The lowest BCUT2D eigenvalue weighted by atomic mass is 9.96. The zero-order chi connectivity index (χ0) is 22.9. The number of amides is 1. The van der Waals surface area contributed by atoms with Crippen molar-refractivity contribution in [1.29, 1.82) is 0 Å². The molecule has 34 heavy (non-hydrogen) atoms. The Morgan fingerprint density at radius 2 is 1.88 bits per heavy atom. The predicted octanol–water partition coefficient (Wildman–Crippen LogP) is 5.18. The Bertz CT molecular complexity index is 1440. The number of fused-ring (bicyclic) bond motifs is 2. The molecule has 0 aliphatic carbocycles. The summed E-state index contributed by atoms with van der Waals surface area (Å²) in [6.07, 6.45) is 3.93. The van der Waals surface area contributed by atoms with Crippen LogP contribution in [0.4, 0.5) is 0 Å². The number of hydrogen-bond acceptors (Lipinski definition) is 6. The monoisotopic (exact) mass is 469 g/mol. The second-order valence-corrected chi connectivity index (χ2v) is 9.40. The summed E-state index contributed by atoms with van der Waals surface area (Å²) in [5.41, 5.74) is 4.17. The van der Waals surface area contributed by atoms with Crippen molar-refractivity contribution in [2.24, 2.45) is 0 Å². The van der Waals surface area contributed by atoms with Gasteiger partial charge in [0.05, 0.1) is 0 Å². The van der Waals surface area contributed by atoms with E-state index in [4.69, 9.17) is 4.42 Å². The van der Waals surface area contributed by atoms with Gasteiger partial charge < -0.3 is 9.32 Å². The van der Waals surface area contributed by atoms with Crippen molar-refractivity contribution in [2.45, 2.75) is 29.7 Å². The van der Waals surface area contributed by atoms with Gasteiger partial charge in [0.2, 0.25) is 0 Å². The highest BCUT2D eigenvalue weighted by molar-refractivity contribution is 7.98. The molecule has 1 saturated heterocycles. The summed E-state index contributed by atoms with van der Waals surface area (Å²) in [6.45, 7) is 1.39. The van der Waals surface area contributed by atoms with Gasteiger partial charge in [0, 0.05) is 36.5 Å². The van der Waals surface area contributed by atoms with Gasteiger partial charge in [-0.1, -0.05) is 48.2 Å². The molecule has 0 saturated carbocycles. The maximum atomic E-state index is 13.6. The Labute approximate surface area is 200 Å². The molecular formula is C26H23N5O2S. The van der Waals surface area contributed by atoms with Gasteiger partial charge in [-0.3, -0.25) is 9.20 Å². The number of rotatable bonds is 5. The molecule has 2 aromatic carbocycles. The van der Waals surface area contributed by atoms with Crippen LogP contribution >= 0.6 is 11.8 Å². The zero-order valence-electron chi connectivity index (χ0n) is 18.5. The zero-order valence-corrected chi connectivity index (χ0v) is 19.3. The van der Waals surface area contributed by atoms with Gasteiger partial charge in [-0.15, -0.1) is 10.2 Å². The number of aromatic nitrogens is 4. The lowest BCUT2D eigenvalue weighted by Gasteiger charge is -2.32. The first-order valence-electron chi connectivity index (χ1n) is 11.4. The molecule has 1 aliphatic rings. The molecule has 8 heteroatoms. The van der Waals surface area contributed by atoms with Crippen molar-refractivity contribution >= 4 is 34.4 Å². The van der Waals surface area contributed by atoms with E-state index in [0.29, 0.717) is 17.5 Å². The van der Waals surface area contributed by atoms with E-state index in [2.05, 4.69) is 15.2 Å². The number of carbonyl (C=O) groups is 1. The van der Waals surface area contributed by atoms with E-state index in [9.17, 15) is 4.79 Å². The minimum absolute atomic E-state index is 0.0623. The Balaban J connectivity index is 1.20. The third-order valence-corrected chi connectivity index (χ3v) is 7.16. The Hall–Kier alpha value is -3.65. The minimum atomic E-state index is 0.0623. The van der Waals surface area contributed by atoms with E-state index in [0.717, 1.165) is 53.1 Å². The average molecular weight is 470 g/mol. The summed E-state index contributed by atoms with van der Waals surface area (Å²) >= 11 is 1.51. The van der Waals surface area contributed by atoms with Crippen molar-refractivity contribution in [1.82, 2.24) is 24.5 Å². The highest BCUT2D eigenvalue weighted by atomic mass is 32.2. The van der Waals surface area contributed by atoms with E-state index < -0.39 is 0 Å². The average Bonchev–Trinajstić information content (AvgIpc) is 3.51. The number of oxazole rings is 1.